The largest absolute Gasteiger partial charge is 0.385 e. The van der Waals surface area contributed by atoms with E-state index >= 15 is 4.39 Å². The number of carbonyl (C=O) groups is 2. The molecule has 2 heterocycles. The van der Waals surface area contributed by atoms with E-state index in [1.54, 1.807) is 23.0 Å². The highest BCUT2D eigenvalue weighted by Crippen LogP contribution is 2.38. The van der Waals surface area contributed by atoms with Gasteiger partial charge in [-0.15, -0.1) is 22.7 Å². The van der Waals surface area contributed by atoms with Gasteiger partial charge in [0, 0.05) is 47.8 Å². The van der Waals surface area contributed by atoms with Gasteiger partial charge in [-0.2, -0.15) is 0 Å². The fraction of sp³-hybridized carbons (Fsp3) is 0.333. The van der Waals surface area contributed by atoms with E-state index in [4.69, 9.17) is 4.74 Å². The number of carbonyl (C=O) groups excluding carboxylic acids is 2. The minimum atomic E-state index is -4.37. The Kier molecular flexibility index (Phi) is 10.7. The molecule has 2 amide bonds. The minimum Gasteiger partial charge on any atom is -0.385 e. The Morgan fingerprint density at radius 2 is 1.75 bits per heavy atom. The molecule has 234 valence electrons. The number of hydrogen-bond donors (Lipinski definition) is 1. The lowest BCUT2D eigenvalue weighted by Gasteiger charge is -2.41. The van der Waals surface area contributed by atoms with Crippen molar-refractivity contribution in [2.75, 3.05) is 18.6 Å². The van der Waals surface area contributed by atoms with Crippen molar-refractivity contribution in [2.45, 2.75) is 55.9 Å². The van der Waals surface area contributed by atoms with Crippen molar-refractivity contribution in [3.05, 3.63) is 92.0 Å². The zero-order valence-electron chi connectivity index (χ0n) is 24.5. The van der Waals surface area contributed by atoms with Gasteiger partial charge >= 0.3 is 0 Å². The molecule has 0 radical (unpaired) electrons. The number of methoxy groups -OCH3 is 1. The van der Waals surface area contributed by atoms with Gasteiger partial charge in [-0.25, -0.2) is 27.5 Å². The number of aromatic nitrogens is 2. The molecule has 4 rings (SSSR count). The molecule has 2 aromatic carbocycles. The normalized spacial score (nSPS) is 13.3. The molecule has 0 bridgehead atoms. The molecule has 0 aliphatic rings. The highest BCUT2D eigenvalue weighted by atomic mass is 79.9. The standard InChI is InChI=1S/C30H32BrFN4O5S3/c1-29(2,3)22-18-24(32)21(17-23(22)31)26(37)36(28-34-13-16-43-28)30(11-8-14-41-4,19-25-33-12-15-42-25)27(38)35-44(39,40)20-9-6-5-7-10-20/h5-7,9-10,12-13,15-18H,8,11,14,19H2,1-4H3,(H,35,38). The third-order valence-corrected chi connectivity index (χ3v) is 10.4. The monoisotopic (exact) mass is 722 g/mol. The van der Waals surface area contributed by atoms with Crippen LogP contribution in [0.3, 0.4) is 0 Å². The van der Waals surface area contributed by atoms with Gasteiger partial charge in [0.25, 0.3) is 21.8 Å². The van der Waals surface area contributed by atoms with Crippen LogP contribution in [0.25, 0.3) is 0 Å². The Labute approximate surface area is 272 Å². The Bertz CT molecular complexity index is 1700. The lowest BCUT2D eigenvalue weighted by Crippen LogP contribution is -2.63. The van der Waals surface area contributed by atoms with Crippen LogP contribution in [0.5, 0.6) is 0 Å². The van der Waals surface area contributed by atoms with Crippen LogP contribution in [0.1, 0.15) is 54.5 Å². The quantitative estimate of drug-likeness (QED) is 0.169. The van der Waals surface area contributed by atoms with Crippen molar-refractivity contribution >= 4 is 65.6 Å². The average molecular weight is 724 g/mol. The number of nitrogens with zero attached hydrogens (tertiary/aromatic N) is 3. The van der Waals surface area contributed by atoms with E-state index in [0.717, 1.165) is 16.2 Å². The second kappa shape index (κ2) is 13.9. The molecule has 9 nitrogen and oxygen atoms in total. The minimum absolute atomic E-state index is 0.0508. The highest BCUT2D eigenvalue weighted by molar-refractivity contribution is 9.10. The molecule has 1 unspecified atom stereocenters. The Morgan fingerprint density at radius 3 is 2.34 bits per heavy atom. The third-order valence-electron chi connectivity index (χ3n) is 6.91. The van der Waals surface area contributed by atoms with Crippen molar-refractivity contribution in [1.29, 1.82) is 0 Å². The first-order valence-electron chi connectivity index (χ1n) is 13.5. The number of benzene rings is 2. The maximum atomic E-state index is 15.9. The Morgan fingerprint density at radius 1 is 1.07 bits per heavy atom. The first-order valence-corrected chi connectivity index (χ1v) is 17.6. The number of amides is 2. The lowest BCUT2D eigenvalue weighted by atomic mass is 9.85. The predicted octanol–water partition coefficient (Wildman–Crippen LogP) is 6.36. The molecule has 0 aliphatic carbocycles. The maximum Gasteiger partial charge on any atom is 0.264 e. The summed E-state index contributed by atoms with van der Waals surface area (Å²) < 4.78 is 50.8. The Hall–Kier alpha value is -3.04. The van der Waals surface area contributed by atoms with E-state index in [1.165, 1.54) is 61.0 Å². The van der Waals surface area contributed by atoms with Gasteiger partial charge in [0.15, 0.2) is 5.13 Å². The summed E-state index contributed by atoms with van der Waals surface area (Å²) in [7, 11) is -2.87. The second-order valence-corrected chi connectivity index (χ2v) is 15.4. The molecule has 0 aliphatic heterocycles. The topological polar surface area (TPSA) is 119 Å². The SMILES string of the molecule is COCCCC(Cc1nccs1)(C(=O)NS(=O)(=O)c1ccccc1)N(C(=O)c1cc(Br)c(C(C)(C)C)cc1F)c1nccs1. The number of nitrogens with one attached hydrogen (secondary N) is 1. The summed E-state index contributed by atoms with van der Waals surface area (Å²) in [5, 5.41) is 3.89. The molecule has 2 aromatic heterocycles. The van der Waals surface area contributed by atoms with Crippen LogP contribution in [0, 0.1) is 5.82 Å². The number of sulfonamides is 1. The third kappa shape index (κ3) is 7.42. The van der Waals surface area contributed by atoms with Crippen molar-refractivity contribution in [1.82, 2.24) is 14.7 Å². The fourth-order valence-electron chi connectivity index (χ4n) is 4.75. The van der Waals surface area contributed by atoms with Gasteiger partial charge in [0.2, 0.25) is 0 Å². The smallest absolute Gasteiger partial charge is 0.264 e. The van der Waals surface area contributed by atoms with Crippen LogP contribution in [-0.4, -0.2) is 49.5 Å². The molecule has 0 spiro atoms. The molecule has 0 fully saturated rings. The first-order chi connectivity index (χ1) is 20.8. The van der Waals surface area contributed by atoms with Crippen LogP contribution >= 0.6 is 38.6 Å². The van der Waals surface area contributed by atoms with E-state index < -0.39 is 38.6 Å². The molecule has 4 aromatic rings. The Balaban J connectivity index is 1.95. The summed E-state index contributed by atoms with van der Waals surface area (Å²) in [5.41, 5.74) is -2.01. The van der Waals surface area contributed by atoms with Crippen LogP contribution in [0.4, 0.5) is 9.52 Å². The number of ether oxygens (including phenoxy) is 1. The zero-order chi connectivity index (χ0) is 32.1. The predicted molar refractivity (Wildman–Crippen MR) is 173 cm³/mol. The number of thiazole rings is 2. The van der Waals surface area contributed by atoms with E-state index in [0.29, 0.717) is 15.0 Å². The zero-order valence-corrected chi connectivity index (χ0v) is 28.6. The summed E-state index contributed by atoms with van der Waals surface area (Å²) >= 11 is 5.80. The van der Waals surface area contributed by atoms with Crippen LogP contribution in [0.2, 0.25) is 0 Å². The van der Waals surface area contributed by atoms with E-state index in [2.05, 4.69) is 30.6 Å². The summed E-state index contributed by atoms with van der Waals surface area (Å²) in [6.07, 6.45) is 3.04. The first kappa shape index (κ1) is 33.8. The number of hydrogen-bond acceptors (Lipinski definition) is 9. The molecule has 44 heavy (non-hydrogen) atoms. The van der Waals surface area contributed by atoms with Crippen LogP contribution in [-0.2, 0) is 31.4 Å². The van der Waals surface area contributed by atoms with Crippen molar-refractivity contribution in [3.63, 3.8) is 0 Å². The molecular weight excluding hydrogens is 691 g/mol. The molecule has 14 heteroatoms. The van der Waals surface area contributed by atoms with E-state index in [-0.39, 0.29) is 41.5 Å². The molecule has 0 saturated heterocycles. The summed E-state index contributed by atoms with van der Waals surface area (Å²) in [5.74, 6) is -2.64. The van der Waals surface area contributed by atoms with Gasteiger partial charge in [-0.3, -0.25) is 14.5 Å². The van der Waals surface area contributed by atoms with Gasteiger partial charge in [-0.1, -0.05) is 54.9 Å². The van der Waals surface area contributed by atoms with Crippen molar-refractivity contribution in [2.24, 2.45) is 0 Å². The molecule has 1 atom stereocenters. The van der Waals surface area contributed by atoms with Crippen molar-refractivity contribution in [3.8, 4) is 0 Å². The van der Waals surface area contributed by atoms with E-state index in [9.17, 15) is 18.0 Å². The molecular formula is C30H32BrFN4O5S3. The summed E-state index contributed by atoms with van der Waals surface area (Å²) in [4.78, 5) is 38.8. The summed E-state index contributed by atoms with van der Waals surface area (Å²) in [6.45, 7) is 5.96. The van der Waals surface area contributed by atoms with Crippen LogP contribution in [0.15, 0.2) is 75.0 Å². The van der Waals surface area contributed by atoms with Gasteiger partial charge in [-0.05, 0) is 48.1 Å². The molecule has 1 N–H and O–H groups in total. The van der Waals surface area contributed by atoms with Gasteiger partial charge in [0.05, 0.1) is 15.5 Å². The second-order valence-electron chi connectivity index (χ2n) is 11.0. The number of anilines is 1. The summed E-state index contributed by atoms with van der Waals surface area (Å²) in [6, 6.07) is 10.1. The molecule has 0 saturated carbocycles. The fourth-order valence-corrected chi connectivity index (χ4v) is 8.20. The van der Waals surface area contributed by atoms with Gasteiger partial charge in [0.1, 0.15) is 11.4 Å². The van der Waals surface area contributed by atoms with Gasteiger partial charge < -0.3 is 4.74 Å². The number of halogens is 2. The lowest BCUT2D eigenvalue weighted by molar-refractivity contribution is -0.124. The van der Waals surface area contributed by atoms with Crippen molar-refractivity contribution < 1.29 is 27.1 Å². The number of rotatable bonds is 12. The average Bonchev–Trinajstić information content (AvgIpc) is 3.69. The van der Waals surface area contributed by atoms with Crippen LogP contribution < -0.4 is 9.62 Å². The highest BCUT2D eigenvalue weighted by Gasteiger charge is 2.50. The van der Waals surface area contributed by atoms with E-state index in [1.807, 2.05) is 20.8 Å². The maximum absolute atomic E-state index is 15.9.